The molecule has 0 atom stereocenters. The molecule has 0 saturated heterocycles. The minimum Gasteiger partial charge on any atom is -0.481 e. The van der Waals surface area contributed by atoms with Crippen molar-refractivity contribution in [1.29, 1.82) is 0 Å². The third-order valence-corrected chi connectivity index (χ3v) is 3.32. The van der Waals surface area contributed by atoms with Crippen molar-refractivity contribution in [3.05, 3.63) is 0 Å². The maximum atomic E-state index is 10.3. The molecule has 0 bridgehead atoms. The molecule has 0 radical (unpaired) electrons. The number of hydrogen-bond acceptors (Lipinski definition) is 2. The van der Waals surface area contributed by atoms with E-state index in [1.54, 1.807) is 0 Å². The van der Waals surface area contributed by atoms with Crippen LogP contribution < -0.4 is 0 Å². The third-order valence-electron chi connectivity index (χ3n) is 3.32. The summed E-state index contributed by atoms with van der Waals surface area (Å²) in [6.45, 7) is 4.03. The topological polar surface area (TPSA) is 46.5 Å². The fourth-order valence-electron chi connectivity index (χ4n) is 2.07. The number of ether oxygens (including phenoxy) is 1. The monoisotopic (exact) mass is 272 g/mol. The molecule has 0 rings (SSSR count). The molecule has 3 nitrogen and oxygen atoms in total. The molecule has 0 spiro atoms. The molecule has 0 unspecified atom stereocenters. The van der Waals surface area contributed by atoms with Gasteiger partial charge in [0.2, 0.25) is 0 Å². The lowest BCUT2D eigenvalue weighted by molar-refractivity contribution is -0.137. The van der Waals surface area contributed by atoms with Gasteiger partial charge in [-0.15, -0.1) is 0 Å². The molecule has 0 fully saturated rings. The van der Waals surface area contributed by atoms with E-state index in [1.165, 1.54) is 57.8 Å². The van der Waals surface area contributed by atoms with Gasteiger partial charge >= 0.3 is 5.97 Å². The predicted octanol–water partition coefficient (Wildman–Crippen LogP) is 4.79. The average molecular weight is 272 g/mol. The summed E-state index contributed by atoms with van der Waals surface area (Å²) in [5.41, 5.74) is 0. The van der Waals surface area contributed by atoms with Crippen molar-refractivity contribution in [3.8, 4) is 0 Å². The number of carboxylic acid groups (broad SMARTS) is 1. The highest BCUT2D eigenvalue weighted by atomic mass is 16.5. The van der Waals surface area contributed by atoms with Gasteiger partial charge in [-0.25, -0.2) is 0 Å². The van der Waals surface area contributed by atoms with Crippen LogP contribution in [-0.2, 0) is 9.53 Å². The number of carbonyl (C=O) groups is 1. The van der Waals surface area contributed by atoms with Gasteiger partial charge < -0.3 is 9.84 Å². The molecule has 0 aliphatic rings. The van der Waals surface area contributed by atoms with E-state index in [0.717, 1.165) is 26.1 Å². The predicted molar refractivity (Wildman–Crippen MR) is 79.5 cm³/mol. The zero-order valence-corrected chi connectivity index (χ0v) is 12.7. The Morgan fingerprint density at radius 3 is 1.79 bits per heavy atom. The fraction of sp³-hybridized carbons (Fsp3) is 0.938. The van der Waals surface area contributed by atoms with E-state index >= 15 is 0 Å². The van der Waals surface area contributed by atoms with Gasteiger partial charge in [0.25, 0.3) is 0 Å². The van der Waals surface area contributed by atoms with Gasteiger partial charge in [0, 0.05) is 19.6 Å². The van der Waals surface area contributed by atoms with Crippen LogP contribution in [0.3, 0.4) is 0 Å². The first kappa shape index (κ1) is 18.4. The molecule has 3 heteroatoms. The van der Waals surface area contributed by atoms with Gasteiger partial charge in [0.15, 0.2) is 0 Å². The second-order valence-electron chi connectivity index (χ2n) is 5.29. The van der Waals surface area contributed by atoms with Crippen molar-refractivity contribution in [2.45, 2.75) is 84.0 Å². The summed E-state index contributed by atoms with van der Waals surface area (Å²) in [7, 11) is 0. The Morgan fingerprint density at radius 2 is 1.26 bits per heavy atom. The molecular formula is C16H32O3. The number of hydrogen-bond donors (Lipinski definition) is 1. The lowest BCUT2D eigenvalue weighted by Crippen LogP contribution is -1.96. The molecule has 0 aromatic carbocycles. The number of carboxylic acids is 1. The Balaban J connectivity index is 2.93. The van der Waals surface area contributed by atoms with Crippen molar-refractivity contribution in [1.82, 2.24) is 0 Å². The van der Waals surface area contributed by atoms with Crippen molar-refractivity contribution in [2.24, 2.45) is 0 Å². The lowest BCUT2D eigenvalue weighted by atomic mass is 10.1. The van der Waals surface area contributed by atoms with E-state index in [-0.39, 0.29) is 0 Å². The first-order valence-electron chi connectivity index (χ1n) is 8.07. The highest BCUT2D eigenvalue weighted by Gasteiger charge is 1.96. The molecule has 0 amide bonds. The van der Waals surface area contributed by atoms with Crippen LogP contribution in [0.15, 0.2) is 0 Å². The van der Waals surface area contributed by atoms with Crippen molar-refractivity contribution >= 4 is 5.97 Å². The summed E-state index contributed by atoms with van der Waals surface area (Å²) in [6, 6.07) is 0. The fourth-order valence-corrected chi connectivity index (χ4v) is 2.07. The summed E-state index contributed by atoms with van der Waals surface area (Å²) in [5.74, 6) is -0.666. The third kappa shape index (κ3) is 17.4. The first-order valence-corrected chi connectivity index (χ1v) is 8.07. The van der Waals surface area contributed by atoms with Gasteiger partial charge in [-0.1, -0.05) is 58.3 Å². The Labute approximate surface area is 118 Å². The quantitative estimate of drug-likeness (QED) is 0.436. The summed E-state index contributed by atoms with van der Waals surface area (Å²) in [6.07, 6.45) is 13.5. The van der Waals surface area contributed by atoms with E-state index in [9.17, 15) is 4.79 Å². The van der Waals surface area contributed by atoms with Crippen LogP contribution in [0.4, 0.5) is 0 Å². The highest BCUT2D eigenvalue weighted by Crippen LogP contribution is 2.10. The van der Waals surface area contributed by atoms with E-state index in [2.05, 4.69) is 6.92 Å². The standard InChI is InChI=1S/C16H32O3/c1-2-3-14-19-15-12-10-8-6-4-5-7-9-11-13-16(17)18/h2-15H2,1H3,(H,17,18). The van der Waals surface area contributed by atoms with Crippen LogP contribution in [0.1, 0.15) is 84.0 Å². The average Bonchev–Trinajstić information content (AvgIpc) is 2.39. The van der Waals surface area contributed by atoms with Crippen molar-refractivity contribution < 1.29 is 14.6 Å². The Morgan fingerprint density at radius 1 is 0.789 bits per heavy atom. The Bertz CT molecular complexity index is 192. The molecule has 19 heavy (non-hydrogen) atoms. The number of aliphatic carboxylic acids is 1. The van der Waals surface area contributed by atoms with Gasteiger partial charge in [0.05, 0.1) is 0 Å². The number of rotatable bonds is 15. The second kappa shape index (κ2) is 15.5. The largest absolute Gasteiger partial charge is 0.481 e. The molecule has 1 N–H and O–H groups in total. The summed E-state index contributed by atoms with van der Waals surface area (Å²) in [5, 5.41) is 8.49. The summed E-state index contributed by atoms with van der Waals surface area (Å²) >= 11 is 0. The molecular weight excluding hydrogens is 240 g/mol. The summed E-state index contributed by atoms with van der Waals surface area (Å²) < 4.78 is 5.52. The minimum atomic E-state index is -0.666. The second-order valence-corrected chi connectivity index (χ2v) is 5.29. The van der Waals surface area contributed by atoms with Crippen LogP contribution in [0.25, 0.3) is 0 Å². The lowest BCUT2D eigenvalue weighted by Gasteiger charge is -2.03. The number of unbranched alkanes of at least 4 members (excludes halogenated alkanes) is 9. The molecule has 0 saturated carbocycles. The van der Waals surface area contributed by atoms with Gasteiger partial charge in [-0.05, 0) is 19.3 Å². The van der Waals surface area contributed by atoms with E-state index in [4.69, 9.17) is 9.84 Å². The smallest absolute Gasteiger partial charge is 0.303 e. The van der Waals surface area contributed by atoms with E-state index in [1.807, 2.05) is 0 Å². The normalized spacial score (nSPS) is 10.8. The van der Waals surface area contributed by atoms with Crippen LogP contribution >= 0.6 is 0 Å². The van der Waals surface area contributed by atoms with Gasteiger partial charge in [0.1, 0.15) is 0 Å². The Kier molecular flexibility index (Phi) is 15.0. The van der Waals surface area contributed by atoms with Crippen molar-refractivity contribution in [2.75, 3.05) is 13.2 Å². The van der Waals surface area contributed by atoms with Crippen LogP contribution in [0, 0.1) is 0 Å². The van der Waals surface area contributed by atoms with E-state index < -0.39 is 5.97 Å². The minimum absolute atomic E-state index is 0.331. The SMILES string of the molecule is CCCCOCCCCCCCCCCCC(=O)O. The molecule has 0 aromatic heterocycles. The highest BCUT2D eigenvalue weighted by molar-refractivity contribution is 5.66. The zero-order chi connectivity index (χ0) is 14.2. The van der Waals surface area contributed by atoms with E-state index in [0.29, 0.717) is 6.42 Å². The maximum absolute atomic E-state index is 10.3. The molecule has 0 aliphatic carbocycles. The maximum Gasteiger partial charge on any atom is 0.303 e. The first-order chi connectivity index (χ1) is 9.27. The van der Waals surface area contributed by atoms with Gasteiger partial charge in [-0.3, -0.25) is 4.79 Å². The molecule has 0 aromatic rings. The zero-order valence-electron chi connectivity index (χ0n) is 12.7. The Hall–Kier alpha value is -0.570. The molecule has 114 valence electrons. The molecule has 0 aliphatic heterocycles. The van der Waals surface area contributed by atoms with Gasteiger partial charge in [-0.2, -0.15) is 0 Å². The molecule has 0 heterocycles. The summed E-state index contributed by atoms with van der Waals surface area (Å²) in [4.78, 5) is 10.3. The van der Waals surface area contributed by atoms with Crippen LogP contribution in [0.5, 0.6) is 0 Å². The van der Waals surface area contributed by atoms with Crippen LogP contribution in [0.2, 0.25) is 0 Å². The van der Waals surface area contributed by atoms with Crippen molar-refractivity contribution in [3.63, 3.8) is 0 Å². The van der Waals surface area contributed by atoms with Crippen LogP contribution in [-0.4, -0.2) is 24.3 Å².